The average molecular weight is 253 g/mol. The normalized spacial score (nSPS) is 11.4. The molecule has 0 fully saturated rings. The smallest absolute Gasteiger partial charge is 0.404 e. The summed E-state index contributed by atoms with van der Waals surface area (Å²) in [5.41, 5.74) is 0.551. The molecule has 0 atom stereocenters. The minimum absolute atomic E-state index is 0.0448. The van der Waals surface area contributed by atoms with Gasteiger partial charge in [0, 0.05) is 5.56 Å². The third kappa shape index (κ3) is 2.88. The van der Waals surface area contributed by atoms with E-state index in [2.05, 4.69) is 4.74 Å². The van der Waals surface area contributed by atoms with Crippen LogP contribution in [-0.2, 0) is 0 Å². The molecule has 0 aromatic heterocycles. The molecule has 0 bridgehead atoms. The van der Waals surface area contributed by atoms with Gasteiger partial charge in [-0.05, 0) is 25.5 Å². The predicted octanol–water partition coefficient (Wildman–Crippen LogP) is 3.75. The van der Waals surface area contributed by atoms with Crippen molar-refractivity contribution in [1.82, 2.24) is 0 Å². The Balaban J connectivity index is 3.24. The van der Waals surface area contributed by atoms with Crippen molar-refractivity contribution in [3.05, 3.63) is 28.3 Å². The molecule has 0 aliphatic heterocycles. The molecule has 0 amide bonds. The fourth-order valence-corrected chi connectivity index (χ4v) is 1.67. The van der Waals surface area contributed by atoms with Crippen molar-refractivity contribution in [3.63, 3.8) is 0 Å². The van der Waals surface area contributed by atoms with E-state index in [1.807, 2.05) is 0 Å². The molecule has 1 aromatic rings. The number of ether oxygens (including phenoxy) is 1. The molecule has 0 aliphatic carbocycles. The molecular weight excluding hydrogens is 245 g/mol. The summed E-state index contributed by atoms with van der Waals surface area (Å²) in [6.45, 7) is 2.81. The van der Waals surface area contributed by atoms with E-state index in [0.29, 0.717) is 5.56 Å². The van der Waals surface area contributed by atoms with E-state index in [9.17, 15) is 18.0 Å². The first-order chi connectivity index (χ1) is 7.22. The molecule has 0 unspecified atom stereocenters. The maximum atomic E-state index is 12.0. The van der Waals surface area contributed by atoms with Gasteiger partial charge in [0.25, 0.3) is 0 Å². The zero-order valence-electron chi connectivity index (χ0n) is 8.48. The number of alkyl halides is 3. The number of ketones is 1. The molecule has 1 rings (SSSR count). The summed E-state index contributed by atoms with van der Waals surface area (Å²) in [7, 11) is 0. The first kappa shape index (κ1) is 12.8. The van der Waals surface area contributed by atoms with E-state index >= 15 is 0 Å². The van der Waals surface area contributed by atoms with E-state index in [0.717, 1.165) is 6.07 Å². The Morgan fingerprint density at radius 2 is 1.94 bits per heavy atom. The Morgan fingerprint density at radius 3 is 2.38 bits per heavy atom. The second kappa shape index (κ2) is 4.33. The number of carbonyl (C=O) groups is 1. The van der Waals surface area contributed by atoms with Crippen LogP contribution in [0.1, 0.15) is 22.8 Å². The number of benzene rings is 1. The van der Waals surface area contributed by atoms with Gasteiger partial charge in [-0.2, -0.15) is 0 Å². The highest BCUT2D eigenvalue weighted by molar-refractivity contribution is 6.35. The van der Waals surface area contributed by atoms with Crippen molar-refractivity contribution in [2.45, 2.75) is 20.2 Å². The summed E-state index contributed by atoms with van der Waals surface area (Å²) in [4.78, 5) is 11.2. The van der Waals surface area contributed by atoms with Crippen molar-refractivity contribution in [3.8, 4) is 5.75 Å². The van der Waals surface area contributed by atoms with Crippen molar-refractivity contribution < 1.29 is 22.7 Å². The molecule has 0 heterocycles. The highest BCUT2D eigenvalue weighted by Gasteiger charge is 2.32. The molecule has 6 heteroatoms. The lowest BCUT2D eigenvalue weighted by Gasteiger charge is -2.13. The van der Waals surface area contributed by atoms with Gasteiger partial charge in [0.15, 0.2) is 5.78 Å². The first-order valence-corrected chi connectivity index (χ1v) is 4.66. The molecule has 16 heavy (non-hydrogen) atoms. The lowest BCUT2D eigenvalue weighted by molar-refractivity contribution is -0.274. The Bertz CT molecular complexity index is 427. The van der Waals surface area contributed by atoms with E-state index in [1.54, 1.807) is 6.92 Å². The van der Waals surface area contributed by atoms with Crippen LogP contribution in [-0.4, -0.2) is 12.1 Å². The van der Waals surface area contributed by atoms with Gasteiger partial charge in [-0.3, -0.25) is 4.79 Å². The van der Waals surface area contributed by atoms with Gasteiger partial charge in [-0.15, -0.1) is 13.2 Å². The fourth-order valence-electron chi connectivity index (χ4n) is 1.29. The summed E-state index contributed by atoms with van der Waals surface area (Å²) in [5.74, 6) is -0.972. The van der Waals surface area contributed by atoms with Crippen LogP contribution in [0.15, 0.2) is 12.1 Å². The third-order valence-electron chi connectivity index (χ3n) is 1.89. The summed E-state index contributed by atoms with van der Waals surface area (Å²) in [6.07, 6.45) is -4.83. The van der Waals surface area contributed by atoms with Crippen LogP contribution >= 0.6 is 11.6 Å². The van der Waals surface area contributed by atoms with Gasteiger partial charge in [0.05, 0.1) is 5.02 Å². The van der Waals surface area contributed by atoms with Crippen LogP contribution in [0.3, 0.4) is 0 Å². The molecule has 0 spiro atoms. The summed E-state index contributed by atoms with van der Waals surface area (Å²) in [5, 5.41) is -0.315. The second-order valence-electron chi connectivity index (χ2n) is 3.17. The summed E-state index contributed by atoms with van der Waals surface area (Å²) in [6, 6.07) is 2.43. The Morgan fingerprint density at radius 1 is 1.38 bits per heavy atom. The lowest BCUT2D eigenvalue weighted by atomic mass is 10.1. The third-order valence-corrected chi connectivity index (χ3v) is 2.27. The monoisotopic (exact) mass is 252 g/mol. The average Bonchev–Trinajstić information content (AvgIpc) is 2.07. The lowest BCUT2D eigenvalue weighted by Crippen LogP contribution is -2.18. The van der Waals surface area contributed by atoms with Crippen molar-refractivity contribution >= 4 is 17.4 Å². The molecule has 0 saturated heterocycles. The quantitative estimate of drug-likeness (QED) is 0.750. The fraction of sp³-hybridized carbons (Fsp3) is 0.300. The Hall–Kier alpha value is -1.23. The van der Waals surface area contributed by atoms with E-state index in [4.69, 9.17) is 11.6 Å². The van der Waals surface area contributed by atoms with Crippen LogP contribution in [0, 0.1) is 6.92 Å². The number of carbonyl (C=O) groups excluding carboxylic acids is 1. The number of hydrogen-bond donors (Lipinski definition) is 0. The second-order valence-corrected chi connectivity index (χ2v) is 3.55. The molecule has 0 radical (unpaired) electrons. The van der Waals surface area contributed by atoms with E-state index in [1.165, 1.54) is 13.0 Å². The van der Waals surface area contributed by atoms with Crippen LogP contribution < -0.4 is 4.74 Å². The van der Waals surface area contributed by atoms with Gasteiger partial charge in [-0.25, -0.2) is 0 Å². The molecule has 0 saturated carbocycles. The van der Waals surface area contributed by atoms with Gasteiger partial charge < -0.3 is 4.74 Å². The molecule has 2 nitrogen and oxygen atoms in total. The SMILES string of the molecule is CC(=O)c1c(C)ccc(OC(F)(F)F)c1Cl. The first-order valence-electron chi connectivity index (χ1n) is 4.28. The van der Waals surface area contributed by atoms with Crippen LogP contribution in [0.2, 0.25) is 5.02 Å². The Kier molecular flexibility index (Phi) is 3.48. The van der Waals surface area contributed by atoms with Crippen LogP contribution in [0.25, 0.3) is 0 Å². The number of Topliss-reactive ketones (excluding diaryl/α,β-unsaturated/α-hetero) is 1. The highest BCUT2D eigenvalue weighted by Crippen LogP contribution is 2.34. The van der Waals surface area contributed by atoms with Gasteiger partial charge in [-0.1, -0.05) is 17.7 Å². The van der Waals surface area contributed by atoms with Crippen molar-refractivity contribution in [2.24, 2.45) is 0 Å². The highest BCUT2D eigenvalue weighted by atomic mass is 35.5. The minimum Gasteiger partial charge on any atom is -0.404 e. The minimum atomic E-state index is -4.83. The summed E-state index contributed by atoms with van der Waals surface area (Å²) < 4.78 is 39.7. The standard InChI is InChI=1S/C10H8ClF3O2/c1-5-3-4-7(16-10(12,13)14)9(11)8(5)6(2)15/h3-4H,1-2H3. The summed E-state index contributed by atoms with van der Waals surface area (Å²) >= 11 is 5.67. The number of halogens is 4. The molecule has 1 aromatic carbocycles. The number of rotatable bonds is 2. The zero-order valence-corrected chi connectivity index (χ0v) is 9.24. The topological polar surface area (TPSA) is 26.3 Å². The van der Waals surface area contributed by atoms with E-state index in [-0.39, 0.29) is 10.6 Å². The number of hydrogen-bond acceptors (Lipinski definition) is 2. The van der Waals surface area contributed by atoms with Gasteiger partial charge in [0.1, 0.15) is 5.75 Å². The largest absolute Gasteiger partial charge is 0.573 e. The predicted molar refractivity (Wildman–Crippen MR) is 52.9 cm³/mol. The number of aryl methyl sites for hydroxylation is 1. The Labute approximate surface area is 95.0 Å². The molecule has 0 N–H and O–H groups in total. The van der Waals surface area contributed by atoms with Gasteiger partial charge in [0.2, 0.25) is 0 Å². The van der Waals surface area contributed by atoms with Crippen LogP contribution in [0.4, 0.5) is 13.2 Å². The van der Waals surface area contributed by atoms with Crippen molar-refractivity contribution in [1.29, 1.82) is 0 Å². The molecule has 0 aliphatic rings. The maximum absolute atomic E-state index is 12.0. The van der Waals surface area contributed by atoms with Gasteiger partial charge >= 0.3 is 6.36 Å². The molecular formula is C10H8ClF3O2. The van der Waals surface area contributed by atoms with Crippen LogP contribution in [0.5, 0.6) is 5.75 Å². The maximum Gasteiger partial charge on any atom is 0.573 e. The zero-order chi connectivity index (χ0) is 12.5. The van der Waals surface area contributed by atoms with Crippen molar-refractivity contribution in [2.75, 3.05) is 0 Å². The molecule has 88 valence electrons. The van der Waals surface area contributed by atoms with E-state index < -0.39 is 17.9 Å².